The molecule has 1 fully saturated rings. The number of nitrogens with zero attached hydrogens (tertiary/aromatic N) is 1. The predicted octanol–water partition coefficient (Wildman–Crippen LogP) is 2.49. The van der Waals surface area contributed by atoms with Crippen LogP contribution in [0.15, 0.2) is 22.7 Å². The molecule has 20 heavy (non-hydrogen) atoms. The first-order valence-corrected chi connectivity index (χ1v) is 7.95. The molecule has 0 spiro atoms. The number of likely N-dealkylation sites (tertiary alicyclic amines) is 1. The summed E-state index contributed by atoms with van der Waals surface area (Å²) < 4.78 is 0.887. The average molecular weight is 340 g/mol. The first kappa shape index (κ1) is 15.3. The molecule has 5 heteroatoms. The van der Waals surface area contributed by atoms with Crippen molar-refractivity contribution < 1.29 is 4.79 Å². The Balaban J connectivity index is 1.83. The molecule has 0 bridgehead atoms. The highest BCUT2D eigenvalue weighted by molar-refractivity contribution is 9.10. The number of amides is 1. The molecule has 1 aromatic rings. The number of carbonyl (C=O) groups is 1. The van der Waals surface area contributed by atoms with Gasteiger partial charge in [-0.05, 0) is 56.6 Å². The van der Waals surface area contributed by atoms with Crippen molar-refractivity contribution in [3.8, 4) is 0 Å². The second kappa shape index (κ2) is 7.09. The summed E-state index contributed by atoms with van der Waals surface area (Å²) in [6.45, 7) is 6.33. The number of halogens is 1. The fourth-order valence-electron chi connectivity index (χ4n) is 2.58. The number of nitrogens with one attached hydrogen (secondary N) is 1. The zero-order valence-corrected chi connectivity index (χ0v) is 13.4. The summed E-state index contributed by atoms with van der Waals surface area (Å²) in [6, 6.07) is 5.36. The highest BCUT2D eigenvalue weighted by Crippen LogP contribution is 2.19. The van der Waals surface area contributed by atoms with Gasteiger partial charge in [-0.1, -0.05) is 22.9 Å². The second-order valence-electron chi connectivity index (χ2n) is 5.32. The van der Waals surface area contributed by atoms with Crippen molar-refractivity contribution in [2.24, 2.45) is 5.92 Å². The van der Waals surface area contributed by atoms with Crippen LogP contribution >= 0.6 is 15.9 Å². The van der Waals surface area contributed by atoms with Crippen LogP contribution in [-0.2, 0) is 0 Å². The molecule has 3 N–H and O–H groups in total. The fourth-order valence-corrected chi connectivity index (χ4v) is 2.96. The van der Waals surface area contributed by atoms with Crippen LogP contribution in [0.4, 0.5) is 5.69 Å². The van der Waals surface area contributed by atoms with Gasteiger partial charge in [-0.15, -0.1) is 0 Å². The lowest BCUT2D eigenvalue weighted by Crippen LogP contribution is -2.38. The van der Waals surface area contributed by atoms with Crippen molar-refractivity contribution in [2.75, 3.05) is 31.9 Å². The van der Waals surface area contributed by atoms with Crippen LogP contribution in [0.5, 0.6) is 0 Å². The summed E-state index contributed by atoms with van der Waals surface area (Å²) in [4.78, 5) is 14.6. The highest BCUT2D eigenvalue weighted by atomic mass is 79.9. The zero-order chi connectivity index (χ0) is 14.5. The van der Waals surface area contributed by atoms with E-state index in [4.69, 9.17) is 5.73 Å². The van der Waals surface area contributed by atoms with E-state index in [1.165, 1.54) is 0 Å². The standard InChI is InChI=1S/C15H22BrN3O/c1-2-19-7-5-11(6-8-19)10-18-15(20)13-4-3-12(16)9-14(13)17/h3-4,9,11H,2,5-8,10,17H2,1H3,(H,18,20). The topological polar surface area (TPSA) is 58.4 Å². The van der Waals surface area contributed by atoms with E-state index in [0.717, 1.165) is 43.5 Å². The van der Waals surface area contributed by atoms with Crippen LogP contribution in [0.2, 0.25) is 0 Å². The third-order valence-corrected chi connectivity index (χ3v) is 4.46. The quantitative estimate of drug-likeness (QED) is 0.828. The second-order valence-corrected chi connectivity index (χ2v) is 6.23. The van der Waals surface area contributed by atoms with Crippen molar-refractivity contribution >= 4 is 27.5 Å². The Kier molecular flexibility index (Phi) is 5.43. The number of anilines is 1. The minimum Gasteiger partial charge on any atom is -0.398 e. The van der Waals surface area contributed by atoms with Gasteiger partial charge in [-0.2, -0.15) is 0 Å². The molecule has 0 aromatic heterocycles. The first-order valence-electron chi connectivity index (χ1n) is 7.15. The zero-order valence-electron chi connectivity index (χ0n) is 11.9. The molecule has 110 valence electrons. The third-order valence-electron chi connectivity index (χ3n) is 3.96. The van der Waals surface area contributed by atoms with Crippen molar-refractivity contribution in [1.82, 2.24) is 10.2 Å². The lowest BCUT2D eigenvalue weighted by atomic mass is 9.96. The van der Waals surface area contributed by atoms with E-state index in [-0.39, 0.29) is 5.91 Å². The summed E-state index contributed by atoms with van der Waals surface area (Å²) in [5, 5.41) is 3.01. The van der Waals surface area contributed by atoms with E-state index in [9.17, 15) is 4.79 Å². The minimum absolute atomic E-state index is 0.0760. The van der Waals surface area contributed by atoms with Gasteiger partial charge in [0.1, 0.15) is 0 Å². The van der Waals surface area contributed by atoms with Gasteiger partial charge in [0.05, 0.1) is 5.56 Å². The van der Waals surface area contributed by atoms with E-state index >= 15 is 0 Å². The van der Waals surface area contributed by atoms with Gasteiger partial charge < -0.3 is 16.0 Å². The van der Waals surface area contributed by atoms with E-state index in [0.29, 0.717) is 17.2 Å². The lowest BCUT2D eigenvalue weighted by Gasteiger charge is -2.31. The van der Waals surface area contributed by atoms with Gasteiger partial charge in [-0.3, -0.25) is 4.79 Å². The summed E-state index contributed by atoms with van der Waals surface area (Å²) in [7, 11) is 0. The molecule has 4 nitrogen and oxygen atoms in total. The Morgan fingerprint density at radius 1 is 1.45 bits per heavy atom. The number of benzene rings is 1. The smallest absolute Gasteiger partial charge is 0.253 e. The summed E-state index contributed by atoms with van der Waals surface area (Å²) in [5.41, 5.74) is 6.94. The summed E-state index contributed by atoms with van der Waals surface area (Å²) >= 11 is 3.34. The van der Waals surface area contributed by atoms with Gasteiger partial charge in [0.2, 0.25) is 0 Å². The molecule has 1 saturated heterocycles. The van der Waals surface area contributed by atoms with Gasteiger partial charge in [0, 0.05) is 16.7 Å². The van der Waals surface area contributed by atoms with Gasteiger partial charge in [0.25, 0.3) is 5.91 Å². The first-order chi connectivity index (χ1) is 9.60. The van der Waals surface area contributed by atoms with E-state index in [2.05, 4.69) is 33.1 Å². The predicted molar refractivity (Wildman–Crippen MR) is 85.7 cm³/mol. The minimum atomic E-state index is -0.0760. The maximum Gasteiger partial charge on any atom is 0.253 e. The molecular formula is C15H22BrN3O. The molecule has 0 atom stereocenters. The van der Waals surface area contributed by atoms with E-state index in [1.54, 1.807) is 12.1 Å². The molecule has 0 radical (unpaired) electrons. The SMILES string of the molecule is CCN1CCC(CNC(=O)c2ccc(Br)cc2N)CC1. The Hall–Kier alpha value is -1.07. The highest BCUT2D eigenvalue weighted by Gasteiger charge is 2.19. The lowest BCUT2D eigenvalue weighted by molar-refractivity contribution is 0.0937. The molecule has 1 aliphatic heterocycles. The molecule has 2 rings (SSSR count). The molecule has 0 saturated carbocycles. The monoisotopic (exact) mass is 339 g/mol. The van der Waals surface area contributed by atoms with E-state index in [1.807, 2.05) is 6.07 Å². The van der Waals surface area contributed by atoms with Crippen molar-refractivity contribution in [2.45, 2.75) is 19.8 Å². The number of nitrogen functional groups attached to an aromatic ring is 1. The number of rotatable bonds is 4. The average Bonchev–Trinajstić information content (AvgIpc) is 2.45. The van der Waals surface area contributed by atoms with Crippen LogP contribution in [-0.4, -0.2) is 37.0 Å². The van der Waals surface area contributed by atoms with Crippen molar-refractivity contribution in [1.29, 1.82) is 0 Å². The maximum atomic E-state index is 12.1. The van der Waals surface area contributed by atoms with Crippen molar-refractivity contribution in [3.05, 3.63) is 28.2 Å². The van der Waals surface area contributed by atoms with Gasteiger partial charge >= 0.3 is 0 Å². The molecule has 1 heterocycles. The molecule has 1 amide bonds. The van der Waals surface area contributed by atoms with Gasteiger partial charge in [0.15, 0.2) is 0 Å². The van der Waals surface area contributed by atoms with Crippen LogP contribution in [0.1, 0.15) is 30.1 Å². The number of piperidine rings is 1. The number of nitrogens with two attached hydrogens (primary N) is 1. The van der Waals surface area contributed by atoms with Crippen LogP contribution < -0.4 is 11.1 Å². The van der Waals surface area contributed by atoms with E-state index < -0.39 is 0 Å². The number of carbonyl (C=O) groups excluding carboxylic acids is 1. The Labute approximate surface area is 128 Å². The normalized spacial score (nSPS) is 17.1. The molecular weight excluding hydrogens is 318 g/mol. The largest absolute Gasteiger partial charge is 0.398 e. The molecule has 0 unspecified atom stereocenters. The van der Waals surface area contributed by atoms with Crippen LogP contribution in [0.3, 0.4) is 0 Å². The summed E-state index contributed by atoms with van der Waals surface area (Å²) in [6.07, 6.45) is 2.31. The van der Waals surface area contributed by atoms with Crippen molar-refractivity contribution in [3.63, 3.8) is 0 Å². The molecule has 0 aliphatic carbocycles. The Bertz CT molecular complexity index is 470. The molecule has 1 aliphatic rings. The Morgan fingerprint density at radius 2 is 2.15 bits per heavy atom. The maximum absolute atomic E-state index is 12.1. The fraction of sp³-hybridized carbons (Fsp3) is 0.533. The van der Waals surface area contributed by atoms with Crippen LogP contribution in [0, 0.1) is 5.92 Å². The summed E-state index contributed by atoms with van der Waals surface area (Å²) in [5.74, 6) is 0.506. The Morgan fingerprint density at radius 3 is 2.75 bits per heavy atom. The van der Waals surface area contributed by atoms with Crippen LogP contribution in [0.25, 0.3) is 0 Å². The van der Waals surface area contributed by atoms with Gasteiger partial charge in [-0.25, -0.2) is 0 Å². The molecule has 1 aromatic carbocycles. The third kappa shape index (κ3) is 3.96. The number of hydrogen-bond acceptors (Lipinski definition) is 3. The number of hydrogen-bond donors (Lipinski definition) is 2.